The molecule has 94 valence electrons. The molecule has 3 rings (SSSR count). The van der Waals surface area contributed by atoms with E-state index in [1.165, 1.54) is 23.0 Å². The lowest BCUT2D eigenvalue weighted by Crippen LogP contribution is -2.21. The molecule has 0 N–H and O–H groups in total. The van der Waals surface area contributed by atoms with Crippen LogP contribution in [0.25, 0.3) is 21.9 Å². The SMILES string of the molecule is Cn1c2ccc(F)cc2c2ncn(CC#N)c(=O)c21. The number of halogens is 1. The van der Waals surface area contributed by atoms with E-state index in [9.17, 15) is 9.18 Å². The molecule has 0 unspecified atom stereocenters. The van der Waals surface area contributed by atoms with Gasteiger partial charge in [-0.15, -0.1) is 0 Å². The molecule has 2 aromatic heterocycles. The van der Waals surface area contributed by atoms with Crippen molar-refractivity contribution in [3.63, 3.8) is 0 Å². The second-order valence-corrected chi connectivity index (χ2v) is 4.25. The topological polar surface area (TPSA) is 63.6 Å². The molecule has 0 saturated carbocycles. The Morgan fingerprint density at radius 1 is 1.47 bits per heavy atom. The van der Waals surface area contributed by atoms with Crippen molar-refractivity contribution in [2.45, 2.75) is 6.54 Å². The average Bonchev–Trinajstić information content (AvgIpc) is 2.67. The van der Waals surface area contributed by atoms with Gasteiger partial charge in [0.15, 0.2) is 0 Å². The Hall–Kier alpha value is -2.68. The standard InChI is InChI=1S/C13H9FN4O/c1-17-10-3-2-8(14)6-9(10)11-12(17)13(19)18(5-4-15)7-16-11/h2-3,6-7H,5H2,1H3. The van der Waals surface area contributed by atoms with Crippen LogP contribution in [-0.2, 0) is 13.6 Å². The van der Waals surface area contributed by atoms with Crippen molar-refractivity contribution in [3.05, 3.63) is 40.7 Å². The molecule has 0 radical (unpaired) electrons. The van der Waals surface area contributed by atoms with Crippen molar-refractivity contribution in [1.82, 2.24) is 14.1 Å². The number of aryl methyl sites for hydroxylation is 1. The minimum Gasteiger partial charge on any atom is -0.338 e. The highest BCUT2D eigenvalue weighted by Crippen LogP contribution is 2.24. The van der Waals surface area contributed by atoms with Gasteiger partial charge in [-0.1, -0.05) is 0 Å². The number of benzene rings is 1. The number of hydrogen-bond donors (Lipinski definition) is 0. The number of fused-ring (bicyclic) bond motifs is 3. The molecule has 6 heteroatoms. The zero-order valence-electron chi connectivity index (χ0n) is 10.1. The first-order valence-electron chi connectivity index (χ1n) is 5.63. The van der Waals surface area contributed by atoms with Crippen LogP contribution in [0.3, 0.4) is 0 Å². The van der Waals surface area contributed by atoms with E-state index in [0.717, 1.165) is 5.52 Å². The van der Waals surface area contributed by atoms with Crippen LogP contribution in [0.5, 0.6) is 0 Å². The summed E-state index contributed by atoms with van der Waals surface area (Å²) in [6.45, 7) is -0.0579. The Morgan fingerprint density at radius 3 is 3.00 bits per heavy atom. The van der Waals surface area contributed by atoms with Gasteiger partial charge >= 0.3 is 0 Å². The van der Waals surface area contributed by atoms with Crippen molar-refractivity contribution in [1.29, 1.82) is 5.26 Å². The predicted octanol–water partition coefficient (Wildman–Crippen LogP) is 1.55. The minimum absolute atomic E-state index is 0.0579. The van der Waals surface area contributed by atoms with Gasteiger partial charge in [0.05, 0.1) is 17.9 Å². The van der Waals surface area contributed by atoms with E-state index in [-0.39, 0.29) is 17.9 Å². The molecule has 0 saturated heterocycles. The first kappa shape index (κ1) is 11.4. The number of rotatable bonds is 1. The molecule has 0 spiro atoms. The summed E-state index contributed by atoms with van der Waals surface area (Å²) >= 11 is 0. The fourth-order valence-electron chi connectivity index (χ4n) is 2.28. The molecule has 0 aliphatic carbocycles. The van der Waals surface area contributed by atoms with Crippen molar-refractivity contribution in [2.24, 2.45) is 7.05 Å². The third kappa shape index (κ3) is 1.52. The summed E-state index contributed by atoms with van der Waals surface area (Å²) in [5.41, 5.74) is 1.26. The second-order valence-electron chi connectivity index (χ2n) is 4.25. The van der Waals surface area contributed by atoms with E-state index in [4.69, 9.17) is 5.26 Å². The number of nitrogens with zero attached hydrogens (tertiary/aromatic N) is 4. The quantitative estimate of drug-likeness (QED) is 0.663. The summed E-state index contributed by atoms with van der Waals surface area (Å²) < 4.78 is 16.2. The monoisotopic (exact) mass is 256 g/mol. The molecule has 0 aliphatic rings. The first-order valence-corrected chi connectivity index (χ1v) is 5.63. The van der Waals surface area contributed by atoms with E-state index < -0.39 is 0 Å². The van der Waals surface area contributed by atoms with E-state index in [0.29, 0.717) is 16.4 Å². The van der Waals surface area contributed by atoms with E-state index in [1.54, 1.807) is 17.7 Å². The van der Waals surface area contributed by atoms with Gasteiger partial charge in [0, 0.05) is 12.4 Å². The summed E-state index contributed by atoms with van der Waals surface area (Å²) in [6, 6.07) is 6.22. The lowest BCUT2D eigenvalue weighted by molar-refractivity contribution is 0.629. The lowest BCUT2D eigenvalue weighted by atomic mass is 10.2. The van der Waals surface area contributed by atoms with Crippen LogP contribution in [0, 0.1) is 17.1 Å². The van der Waals surface area contributed by atoms with Gasteiger partial charge in [-0.25, -0.2) is 9.37 Å². The van der Waals surface area contributed by atoms with Gasteiger partial charge in [0.1, 0.15) is 23.4 Å². The average molecular weight is 256 g/mol. The van der Waals surface area contributed by atoms with Gasteiger partial charge in [0.25, 0.3) is 5.56 Å². The summed E-state index contributed by atoms with van der Waals surface area (Å²) in [5, 5.41) is 9.26. The second kappa shape index (κ2) is 3.92. The summed E-state index contributed by atoms with van der Waals surface area (Å²) in [5.74, 6) is -0.372. The molecule has 0 atom stereocenters. The van der Waals surface area contributed by atoms with Gasteiger partial charge in [-0.2, -0.15) is 5.26 Å². The van der Waals surface area contributed by atoms with Gasteiger partial charge < -0.3 is 4.57 Å². The molecule has 0 bridgehead atoms. The van der Waals surface area contributed by atoms with Crippen molar-refractivity contribution in [2.75, 3.05) is 0 Å². The summed E-state index contributed by atoms with van der Waals surface area (Å²) in [4.78, 5) is 16.4. The van der Waals surface area contributed by atoms with Crippen molar-refractivity contribution in [3.8, 4) is 6.07 Å². The van der Waals surface area contributed by atoms with Crippen LogP contribution >= 0.6 is 0 Å². The van der Waals surface area contributed by atoms with Crippen molar-refractivity contribution >= 4 is 21.9 Å². The normalized spacial score (nSPS) is 11.0. The third-order valence-corrected chi connectivity index (χ3v) is 3.17. The molecule has 5 nitrogen and oxygen atoms in total. The Morgan fingerprint density at radius 2 is 2.26 bits per heavy atom. The summed E-state index contributed by atoms with van der Waals surface area (Å²) in [6.07, 6.45) is 1.32. The third-order valence-electron chi connectivity index (χ3n) is 3.17. The predicted molar refractivity (Wildman–Crippen MR) is 68.1 cm³/mol. The first-order chi connectivity index (χ1) is 9.13. The van der Waals surface area contributed by atoms with Crippen LogP contribution in [0.4, 0.5) is 4.39 Å². The van der Waals surface area contributed by atoms with Gasteiger partial charge in [0.2, 0.25) is 0 Å². The van der Waals surface area contributed by atoms with Crippen molar-refractivity contribution < 1.29 is 4.39 Å². The molecule has 3 aromatic rings. The van der Waals surface area contributed by atoms with Crippen LogP contribution in [0.15, 0.2) is 29.3 Å². The summed E-state index contributed by atoms with van der Waals surface area (Å²) in [7, 11) is 1.72. The highest BCUT2D eigenvalue weighted by molar-refractivity contribution is 6.05. The zero-order valence-corrected chi connectivity index (χ0v) is 10.1. The Bertz CT molecular complexity index is 901. The van der Waals surface area contributed by atoms with E-state index in [2.05, 4.69) is 4.98 Å². The molecular weight excluding hydrogens is 247 g/mol. The fraction of sp³-hybridized carbons (Fsp3) is 0.154. The minimum atomic E-state index is -0.372. The number of nitriles is 1. The van der Waals surface area contributed by atoms with E-state index >= 15 is 0 Å². The molecule has 0 amide bonds. The highest BCUT2D eigenvalue weighted by Gasteiger charge is 2.14. The largest absolute Gasteiger partial charge is 0.338 e. The molecule has 2 heterocycles. The Kier molecular flexibility index (Phi) is 2.35. The molecule has 0 aliphatic heterocycles. The molecule has 19 heavy (non-hydrogen) atoms. The Balaban J connectivity index is 2.52. The van der Waals surface area contributed by atoms with Crippen LogP contribution in [0.1, 0.15) is 0 Å². The van der Waals surface area contributed by atoms with E-state index in [1.807, 2.05) is 6.07 Å². The van der Waals surface area contributed by atoms with Crippen LogP contribution in [0.2, 0.25) is 0 Å². The van der Waals surface area contributed by atoms with Crippen LogP contribution in [-0.4, -0.2) is 14.1 Å². The molecule has 1 aromatic carbocycles. The zero-order chi connectivity index (χ0) is 13.6. The maximum absolute atomic E-state index is 13.3. The number of hydrogen-bond acceptors (Lipinski definition) is 3. The fourth-order valence-corrected chi connectivity index (χ4v) is 2.28. The van der Waals surface area contributed by atoms with Gasteiger partial charge in [-0.05, 0) is 18.2 Å². The van der Waals surface area contributed by atoms with Gasteiger partial charge in [-0.3, -0.25) is 9.36 Å². The Labute approximate surface area is 107 Å². The maximum Gasteiger partial charge on any atom is 0.278 e. The maximum atomic E-state index is 13.3. The lowest BCUT2D eigenvalue weighted by Gasteiger charge is -2.00. The number of aromatic nitrogens is 3. The highest BCUT2D eigenvalue weighted by atomic mass is 19.1. The smallest absolute Gasteiger partial charge is 0.278 e. The van der Waals surface area contributed by atoms with Crippen LogP contribution < -0.4 is 5.56 Å². The molecule has 0 fully saturated rings. The molecular formula is C13H9FN4O.